The van der Waals surface area contributed by atoms with Crippen molar-refractivity contribution in [3.63, 3.8) is 0 Å². The molecule has 0 saturated carbocycles. The van der Waals surface area contributed by atoms with Crippen molar-refractivity contribution in [3.05, 3.63) is 30.5 Å². The molecule has 2 N–H and O–H groups in total. The predicted octanol–water partition coefficient (Wildman–Crippen LogP) is 1.74. The number of nitrogens with zero attached hydrogens (tertiary/aromatic N) is 1. The Morgan fingerprint density at radius 1 is 1.32 bits per heavy atom. The van der Waals surface area contributed by atoms with Gasteiger partial charge in [0.05, 0.1) is 24.4 Å². The van der Waals surface area contributed by atoms with Gasteiger partial charge in [0, 0.05) is 23.6 Å². The van der Waals surface area contributed by atoms with Gasteiger partial charge in [0.1, 0.15) is 0 Å². The number of hydrogen-bond acceptors (Lipinski definition) is 3. The van der Waals surface area contributed by atoms with E-state index in [2.05, 4.69) is 10.3 Å². The molecule has 3 rings (SSSR count). The number of carbonyl (C=O) groups excluding carboxylic acids is 2. The molecule has 1 aliphatic rings. The second-order valence-electron chi connectivity index (χ2n) is 5.51. The first kappa shape index (κ1) is 14.6. The molecule has 0 bridgehead atoms. The Balaban J connectivity index is 1.76. The van der Waals surface area contributed by atoms with Gasteiger partial charge < -0.3 is 19.9 Å². The number of amides is 2. The van der Waals surface area contributed by atoms with Gasteiger partial charge in [-0.1, -0.05) is 6.07 Å². The Morgan fingerprint density at radius 3 is 2.95 bits per heavy atom. The van der Waals surface area contributed by atoms with E-state index in [0.29, 0.717) is 18.8 Å². The molecule has 1 saturated heterocycles. The number of rotatable bonds is 1. The molecule has 1 aromatic carbocycles. The molecule has 6 nitrogen and oxygen atoms in total. The molecule has 0 radical (unpaired) electrons. The van der Waals surface area contributed by atoms with Crippen LogP contribution >= 0.6 is 0 Å². The molecule has 6 heteroatoms. The highest BCUT2D eigenvalue weighted by atomic mass is 16.5. The number of nitrogens with one attached hydrogen (secondary N) is 2. The van der Waals surface area contributed by atoms with Gasteiger partial charge in [-0.2, -0.15) is 0 Å². The van der Waals surface area contributed by atoms with Crippen molar-refractivity contribution in [2.75, 3.05) is 18.5 Å². The minimum Gasteiger partial charge on any atom is -0.375 e. The number of aromatic nitrogens is 1. The summed E-state index contributed by atoms with van der Waals surface area (Å²) in [5, 5.41) is 3.59. The summed E-state index contributed by atoms with van der Waals surface area (Å²) in [7, 11) is 0. The Kier molecular flexibility index (Phi) is 3.85. The van der Waals surface area contributed by atoms with E-state index in [1.165, 1.54) is 0 Å². The van der Waals surface area contributed by atoms with Crippen LogP contribution in [0.1, 0.15) is 13.8 Å². The number of fused-ring (bicyclic) bond motifs is 1. The van der Waals surface area contributed by atoms with Gasteiger partial charge in [-0.15, -0.1) is 0 Å². The largest absolute Gasteiger partial charge is 0.375 e. The molecular weight excluding hydrogens is 282 g/mol. The van der Waals surface area contributed by atoms with Crippen LogP contribution in [0.4, 0.5) is 5.69 Å². The fourth-order valence-electron chi connectivity index (χ4n) is 2.72. The molecule has 1 fully saturated rings. The predicted molar refractivity (Wildman–Crippen MR) is 83.5 cm³/mol. The van der Waals surface area contributed by atoms with Crippen molar-refractivity contribution in [1.29, 1.82) is 0 Å². The second-order valence-corrected chi connectivity index (χ2v) is 5.51. The lowest BCUT2D eigenvalue weighted by atomic mass is 10.1. The Bertz CT molecular complexity index is 709. The number of benzene rings is 1. The van der Waals surface area contributed by atoms with Gasteiger partial charge in [0.25, 0.3) is 0 Å². The summed E-state index contributed by atoms with van der Waals surface area (Å²) in [5.74, 6) is -1.13. The molecular formula is C16H19N3O3. The zero-order valence-corrected chi connectivity index (χ0v) is 12.6. The van der Waals surface area contributed by atoms with Crippen LogP contribution in [0.5, 0.6) is 0 Å². The van der Waals surface area contributed by atoms with Gasteiger partial charge in [0.15, 0.2) is 0 Å². The maximum atomic E-state index is 12.4. The van der Waals surface area contributed by atoms with E-state index in [4.69, 9.17) is 4.74 Å². The van der Waals surface area contributed by atoms with E-state index in [9.17, 15) is 9.59 Å². The number of H-pyrrole nitrogens is 1. The maximum absolute atomic E-state index is 12.4. The minimum absolute atomic E-state index is 0.0707. The van der Waals surface area contributed by atoms with Gasteiger partial charge in [-0.05, 0) is 32.0 Å². The van der Waals surface area contributed by atoms with E-state index < -0.39 is 11.8 Å². The van der Waals surface area contributed by atoms with Crippen molar-refractivity contribution >= 4 is 28.4 Å². The van der Waals surface area contributed by atoms with Crippen molar-refractivity contribution < 1.29 is 14.3 Å². The van der Waals surface area contributed by atoms with Crippen LogP contribution in [0, 0.1) is 0 Å². The van der Waals surface area contributed by atoms with Crippen LogP contribution in [-0.4, -0.2) is 47.0 Å². The lowest BCUT2D eigenvalue weighted by Gasteiger charge is -2.37. The molecule has 22 heavy (non-hydrogen) atoms. The maximum Gasteiger partial charge on any atom is 0.313 e. The number of aromatic amines is 1. The van der Waals surface area contributed by atoms with Gasteiger partial charge in [0.2, 0.25) is 0 Å². The van der Waals surface area contributed by atoms with Crippen molar-refractivity contribution in [3.8, 4) is 0 Å². The molecule has 0 aliphatic carbocycles. The SMILES string of the molecule is C[C@@H]1OCCN(C(=O)C(=O)Nc2cccc3[nH]ccc23)[C@@H]1C. The summed E-state index contributed by atoms with van der Waals surface area (Å²) < 4.78 is 5.49. The zero-order chi connectivity index (χ0) is 15.7. The molecule has 2 amide bonds. The average Bonchev–Trinajstić information content (AvgIpc) is 2.99. The number of ether oxygens (including phenoxy) is 1. The topological polar surface area (TPSA) is 74.4 Å². The molecule has 2 aromatic rings. The second kappa shape index (κ2) is 5.81. The highest BCUT2D eigenvalue weighted by Gasteiger charge is 2.32. The fourth-order valence-corrected chi connectivity index (χ4v) is 2.72. The Morgan fingerprint density at radius 2 is 2.14 bits per heavy atom. The number of carbonyl (C=O) groups is 2. The monoisotopic (exact) mass is 301 g/mol. The standard InChI is InChI=1S/C16H19N3O3/c1-10-11(2)22-9-8-19(10)16(21)15(20)18-14-5-3-4-13-12(14)6-7-17-13/h3-7,10-11,17H,8-9H2,1-2H3,(H,18,20)/t10-,11+/m1/s1. The van der Waals surface area contributed by atoms with Crippen LogP contribution in [0.25, 0.3) is 10.9 Å². The average molecular weight is 301 g/mol. The summed E-state index contributed by atoms with van der Waals surface area (Å²) >= 11 is 0. The third-order valence-electron chi connectivity index (χ3n) is 4.18. The van der Waals surface area contributed by atoms with E-state index in [1.54, 1.807) is 17.2 Å². The normalized spacial score (nSPS) is 21.8. The molecule has 0 spiro atoms. The lowest BCUT2D eigenvalue weighted by Crippen LogP contribution is -2.54. The molecule has 1 aromatic heterocycles. The molecule has 0 unspecified atom stereocenters. The van der Waals surface area contributed by atoms with Gasteiger partial charge in [-0.3, -0.25) is 9.59 Å². The van der Waals surface area contributed by atoms with Crippen LogP contribution in [-0.2, 0) is 14.3 Å². The first-order valence-corrected chi connectivity index (χ1v) is 7.37. The smallest absolute Gasteiger partial charge is 0.313 e. The number of hydrogen-bond donors (Lipinski definition) is 2. The highest BCUT2D eigenvalue weighted by Crippen LogP contribution is 2.22. The summed E-state index contributed by atoms with van der Waals surface area (Å²) in [5.41, 5.74) is 1.55. The quantitative estimate of drug-likeness (QED) is 0.788. The third kappa shape index (κ3) is 2.57. The molecule has 2 atom stereocenters. The lowest BCUT2D eigenvalue weighted by molar-refractivity contribution is -0.152. The first-order valence-electron chi connectivity index (χ1n) is 7.37. The Labute approximate surface area is 128 Å². The molecule has 1 aliphatic heterocycles. The third-order valence-corrected chi connectivity index (χ3v) is 4.18. The minimum atomic E-state index is -0.616. The van der Waals surface area contributed by atoms with Crippen LogP contribution < -0.4 is 5.32 Å². The number of morpholine rings is 1. The molecule has 116 valence electrons. The first-order chi connectivity index (χ1) is 10.6. The van der Waals surface area contributed by atoms with E-state index in [-0.39, 0.29) is 12.1 Å². The summed E-state index contributed by atoms with van der Waals surface area (Å²) in [6.07, 6.45) is 1.73. The summed E-state index contributed by atoms with van der Waals surface area (Å²) in [6.45, 7) is 4.69. The number of anilines is 1. The van der Waals surface area contributed by atoms with Crippen molar-refractivity contribution in [2.24, 2.45) is 0 Å². The van der Waals surface area contributed by atoms with Crippen molar-refractivity contribution in [2.45, 2.75) is 26.0 Å². The van der Waals surface area contributed by atoms with Crippen LogP contribution in [0.3, 0.4) is 0 Å². The van der Waals surface area contributed by atoms with E-state index in [0.717, 1.165) is 10.9 Å². The van der Waals surface area contributed by atoms with E-state index in [1.807, 2.05) is 32.0 Å². The summed E-state index contributed by atoms with van der Waals surface area (Å²) in [6, 6.07) is 7.29. The molecule has 2 heterocycles. The highest BCUT2D eigenvalue weighted by molar-refractivity contribution is 6.40. The van der Waals surface area contributed by atoms with Crippen molar-refractivity contribution in [1.82, 2.24) is 9.88 Å². The fraction of sp³-hybridized carbons (Fsp3) is 0.375. The van der Waals surface area contributed by atoms with Gasteiger partial charge in [-0.25, -0.2) is 0 Å². The van der Waals surface area contributed by atoms with Crippen LogP contribution in [0.15, 0.2) is 30.5 Å². The summed E-state index contributed by atoms with van der Waals surface area (Å²) in [4.78, 5) is 29.3. The Hall–Kier alpha value is -2.34. The zero-order valence-electron chi connectivity index (χ0n) is 12.6. The van der Waals surface area contributed by atoms with Crippen LogP contribution in [0.2, 0.25) is 0 Å². The van der Waals surface area contributed by atoms with E-state index >= 15 is 0 Å². The van der Waals surface area contributed by atoms with Gasteiger partial charge >= 0.3 is 11.8 Å².